The normalized spacial score (nSPS) is 14.1. The molecule has 176 valence electrons. The lowest BCUT2D eigenvalue weighted by Crippen LogP contribution is -2.30. The van der Waals surface area contributed by atoms with Crippen molar-refractivity contribution in [2.24, 2.45) is 0 Å². The number of amides is 1. The van der Waals surface area contributed by atoms with E-state index < -0.39 is 35.7 Å². The van der Waals surface area contributed by atoms with Crippen molar-refractivity contribution in [3.8, 4) is 11.1 Å². The maximum atomic E-state index is 13.8. The predicted octanol–water partition coefficient (Wildman–Crippen LogP) is 3.85. The SMILES string of the molecule is O=C(NCCC(O)C(O)c1ccc(C(=O)O)c(F)c1)OCC1c2ccccc2-c2ccccc21. The Kier molecular flexibility index (Phi) is 6.90. The number of carboxylic acids is 1. The van der Waals surface area contributed by atoms with Crippen LogP contribution >= 0.6 is 0 Å². The van der Waals surface area contributed by atoms with E-state index in [0.717, 1.165) is 34.4 Å². The first-order valence-electron chi connectivity index (χ1n) is 10.8. The summed E-state index contributed by atoms with van der Waals surface area (Å²) in [6, 6.07) is 19.1. The molecule has 0 spiro atoms. The molecule has 0 heterocycles. The summed E-state index contributed by atoms with van der Waals surface area (Å²) in [6.07, 6.45) is -3.42. The monoisotopic (exact) mass is 465 g/mol. The molecule has 7 nitrogen and oxygen atoms in total. The largest absolute Gasteiger partial charge is 0.478 e. The van der Waals surface area contributed by atoms with Gasteiger partial charge in [0, 0.05) is 12.5 Å². The standard InChI is InChI=1S/C26H24FNO6/c27-22-13-15(9-10-20(22)25(31)32)24(30)23(29)11-12-28-26(33)34-14-21-18-7-3-1-5-16(18)17-6-2-4-8-19(17)21/h1-10,13,21,23-24,29-30H,11-12,14H2,(H,28,33)(H,31,32). The van der Waals surface area contributed by atoms with Crippen LogP contribution in [0.3, 0.4) is 0 Å². The first-order valence-corrected chi connectivity index (χ1v) is 10.8. The van der Waals surface area contributed by atoms with Gasteiger partial charge in [0.2, 0.25) is 0 Å². The third-order valence-electron chi connectivity index (χ3n) is 5.98. The minimum atomic E-state index is -1.44. The fourth-order valence-corrected chi connectivity index (χ4v) is 4.24. The van der Waals surface area contributed by atoms with Gasteiger partial charge in [-0.2, -0.15) is 0 Å². The third kappa shape index (κ3) is 4.78. The Morgan fingerprint density at radius 2 is 1.59 bits per heavy atom. The number of carboxylic acid groups (broad SMARTS) is 1. The highest BCUT2D eigenvalue weighted by molar-refractivity contribution is 5.88. The number of ether oxygens (including phenoxy) is 1. The molecule has 2 atom stereocenters. The van der Waals surface area contributed by atoms with Gasteiger partial charge < -0.3 is 25.4 Å². The highest BCUT2D eigenvalue weighted by atomic mass is 19.1. The molecule has 0 fully saturated rings. The number of carbonyl (C=O) groups excluding carboxylic acids is 1. The number of rotatable bonds is 8. The minimum Gasteiger partial charge on any atom is -0.478 e. The number of aliphatic hydroxyl groups excluding tert-OH is 2. The molecular weight excluding hydrogens is 441 g/mol. The molecule has 3 aromatic carbocycles. The number of aromatic carboxylic acids is 1. The lowest BCUT2D eigenvalue weighted by atomic mass is 9.98. The van der Waals surface area contributed by atoms with Gasteiger partial charge in [0.15, 0.2) is 0 Å². The highest BCUT2D eigenvalue weighted by Crippen LogP contribution is 2.44. The Bertz CT molecular complexity index is 1170. The summed E-state index contributed by atoms with van der Waals surface area (Å²) in [5, 5.41) is 31.8. The van der Waals surface area contributed by atoms with Gasteiger partial charge in [-0.15, -0.1) is 0 Å². The fourth-order valence-electron chi connectivity index (χ4n) is 4.24. The number of aliphatic hydroxyl groups is 2. The molecule has 1 amide bonds. The number of alkyl carbamates (subject to hydrolysis) is 1. The number of nitrogens with one attached hydrogen (secondary N) is 1. The van der Waals surface area contributed by atoms with Crippen LogP contribution in [0.2, 0.25) is 0 Å². The minimum absolute atomic E-state index is 0.0184. The summed E-state index contributed by atoms with van der Waals surface area (Å²) >= 11 is 0. The quantitative estimate of drug-likeness (QED) is 0.402. The molecule has 34 heavy (non-hydrogen) atoms. The highest BCUT2D eigenvalue weighted by Gasteiger charge is 2.29. The number of benzene rings is 3. The molecule has 0 radical (unpaired) electrons. The third-order valence-corrected chi connectivity index (χ3v) is 5.98. The fraction of sp³-hybridized carbons (Fsp3) is 0.231. The van der Waals surface area contributed by atoms with E-state index in [2.05, 4.69) is 5.32 Å². The first-order chi connectivity index (χ1) is 16.4. The van der Waals surface area contributed by atoms with Crippen LogP contribution in [0.1, 0.15) is 45.5 Å². The summed E-state index contributed by atoms with van der Waals surface area (Å²) in [5.74, 6) is -2.51. The van der Waals surface area contributed by atoms with E-state index in [1.54, 1.807) is 0 Å². The number of fused-ring (bicyclic) bond motifs is 3. The van der Waals surface area contributed by atoms with Crippen molar-refractivity contribution in [3.63, 3.8) is 0 Å². The molecule has 1 aliphatic carbocycles. The summed E-state index contributed by atoms with van der Waals surface area (Å²) in [5.41, 5.74) is 3.94. The number of carbonyl (C=O) groups is 2. The van der Waals surface area contributed by atoms with Gasteiger partial charge in [0.05, 0.1) is 11.7 Å². The van der Waals surface area contributed by atoms with Gasteiger partial charge >= 0.3 is 12.1 Å². The molecule has 4 rings (SSSR count). The van der Waals surface area contributed by atoms with Crippen LogP contribution in [0, 0.1) is 5.82 Å². The van der Waals surface area contributed by atoms with Crippen molar-refractivity contribution < 1.29 is 34.0 Å². The lowest BCUT2D eigenvalue weighted by Gasteiger charge is -2.19. The van der Waals surface area contributed by atoms with Crippen molar-refractivity contribution in [2.75, 3.05) is 13.2 Å². The average Bonchev–Trinajstić information content (AvgIpc) is 3.15. The first kappa shape index (κ1) is 23.4. The molecule has 3 aromatic rings. The summed E-state index contributed by atoms with van der Waals surface area (Å²) < 4.78 is 19.3. The average molecular weight is 465 g/mol. The van der Waals surface area contributed by atoms with Gasteiger partial charge in [-0.1, -0.05) is 54.6 Å². The van der Waals surface area contributed by atoms with Crippen LogP contribution in [-0.2, 0) is 4.74 Å². The van der Waals surface area contributed by atoms with Crippen LogP contribution in [0.4, 0.5) is 9.18 Å². The van der Waals surface area contributed by atoms with Crippen LogP contribution in [0.5, 0.6) is 0 Å². The van der Waals surface area contributed by atoms with Crippen molar-refractivity contribution in [3.05, 3.63) is 94.8 Å². The van der Waals surface area contributed by atoms with Crippen molar-refractivity contribution >= 4 is 12.1 Å². The Morgan fingerprint density at radius 3 is 2.18 bits per heavy atom. The zero-order valence-corrected chi connectivity index (χ0v) is 18.1. The molecule has 4 N–H and O–H groups in total. The molecule has 1 aliphatic rings. The Hall–Kier alpha value is -3.75. The van der Waals surface area contributed by atoms with Crippen molar-refractivity contribution in [1.82, 2.24) is 5.32 Å². The van der Waals surface area contributed by atoms with E-state index in [4.69, 9.17) is 9.84 Å². The van der Waals surface area contributed by atoms with Crippen LogP contribution in [0.15, 0.2) is 66.7 Å². The van der Waals surface area contributed by atoms with Crippen LogP contribution in [-0.4, -0.2) is 46.6 Å². The van der Waals surface area contributed by atoms with Crippen LogP contribution in [0.25, 0.3) is 11.1 Å². The Morgan fingerprint density at radius 1 is 0.971 bits per heavy atom. The molecule has 0 saturated heterocycles. The van der Waals surface area contributed by atoms with E-state index in [-0.39, 0.29) is 31.1 Å². The maximum Gasteiger partial charge on any atom is 0.407 e. The maximum absolute atomic E-state index is 13.8. The molecule has 0 aliphatic heterocycles. The molecule has 2 unspecified atom stereocenters. The summed E-state index contributed by atoms with van der Waals surface area (Å²) in [7, 11) is 0. The van der Waals surface area contributed by atoms with E-state index in [0.29, 0.717) is 0 Å². The molecule has 8 heteroatoms. The van der Waals surface area contributed by atoms with Gasteiger partial charge in [-0.25, -0.2) is 14.0 Å². The second-order valence-corrected chi connectivity index (χ2v) is 8.10. The second kappa shape index (κ2) is 10.0. The van der Waals surface area contributed by atoms with Crippen molar-refractivity contribution in [2.45, 2.75) is 24.5 Å². The second-order valence-electron chi connectivity index (χ2n) is 8.10. The lowest BCUT2D eigenvalue weighted by molar-refractivity contribution is 0.0135. The van der Waals surface area contributed by atoms with E-state index >= 15 is 0 Å². The zero-order valence-electron chi connectivity index (χ0n) is 18.1. The number of hydrogen-bond donors (Lipinski definition) is 4. The smallest absolute Gasteiger partial charge is 0.407 e. The Labute approximate surface area is 195 Å². The Balaban J connectivity index is 1.28. The summed E-state index contributed by atoms with van der Waals surface area (Å²) in [6.45, 7) is 0.171. The van der Waals surface area contributed by atoms with E-state index in [9.17, 15) is 24.2 Å². The topological polar surface area (TPSA) is 116 Å². The predicted molar refractivity (Wildman–Crippen MR) is 122 cm³/mol. The van der Waals surface area contributed by atoms with Gasteiger partial charge in [-0.05, 0) is 46.4 Å². The number of halogens is 1. The van der Waals surface area contributed by atoms with Gasteiger partial charge in [0.25, 0.3) is 0 Å². The molecular formula is C26H24FNO6. The molecule has 0 saturated carbocycles. The van der Waals surface area contributed by atoms with E-state index in [1.165, 1.54) is 6.07 Å². The van der Waals surface area contributed by atoms with Crippen LogP contribution < -0.4 is 5.32 Å². The number of hydrogen-bond acceptors (Lipinski definition) is 5. The molecule has 0 aromatic heterocycles. The van der Waals surface area contributed by atoms with E-state index in [1.807, 2.05) is 48.5 Å². The zero-order chi connectivity index (χ0) is 24.2. The van der Waals surface area contributed by atoms with Crippen molar-refractivity contribution in [1.29, 1.82) is 0 Å². The summed E-state index contributed by atoms with van der Waals surface area (Å²) in [4.78, 5) is 23.1. The molecule has 0 bridgehead atoms. The van der Waals surface area contributed by atoms with Gasteiger partial charge in [0.1, 0.15) is 18.5 Å². The van der Waals surface area contributed by atoms with Gasteiger partial charge in [-0.3, -0.25) is 0 Å².